The summed E-state index contributed by atoms with van der Waals surface area (Å²) in [6.07, 6.45) is 8.51. The SMILES string of the molecule is Cc1cccc(CC(=O)NCCNC2CCCCCC2)c1. The summed E-state index contributed by atoms with van der Waals surface area (Å²) in [6, 6.07) is 8.80. The molecule has 0 heterocycles. The summed E-state index contributed by atoms with van der Waals surface area (Å²) < 4.78 is 0. The molecule has 2 N–H and O–H groups in total. The van der Waals surface area contributed by atoms with Gasteiger partial charge in [-0.2, -0.15) is 0 Å². The van der Waals surface area contributed by atoms with E-state index in [-0.39, 0.29) is 5.91 Å². The zero-order chi connectivity index (χ0) is 14.9. The van der Waals surface area contributed by atoms with Crippen molar-refractivity contribution in [3.63, 3.8) is 0 Å². The van der Waals surface area contributed by atoms with Crippen LogP contribution in [0.5, 0.6) is 0 Å². The van der Waals surface area contributed by atoms with Gasteiger partial charge in [-0.3, -0.25) is 4.79 Å². The van der Waals surface area contributed by atoms with Crippen LogP contribution in [0.4, 0.5) is 0 Å². The Bertz CT molecular complexity index is 437. The van der Waals surface area contributed by atoms with Gasteiger partial charge >= 0.3 is 0 Å². The number of carbonyl (C=O) groups is 1. The fourth-order valence-electron chi connectivity index (χ4n) is 3.03. The second-order valence-electron chi connectivity index (χ2n) is 6.16. The number of amides is 1. The normalized spacial score (nSPS) is 16.4. The lowest BCUT2D eigenvalue weighted by molar-refractivity contribution is -0.120. The Morgan fingerprint density at radius 2 is 1.90 bits per heavy atom. The average molecular weight is 288 g/mol. The number of hydrogen-bond donors (Lipinski definition) is 2. The van der Waals surface area contributed by atoms with Gasteiger partial charge in [0.05, 0.1) is 6.42 Å². The molecule has 1 aliphatic carbocycles. The average Bonchev–Trinajstić information content (AvgIpc) is 2.72. The number of benzene rings is 1. The number of hydrogen-bond acceptors (Lipinski definition) is 2. The molecular formula is C18H28N2O. The third-order valence-electron chi connectivity index (χ3n) is 4.18. The summed E-state index contributed by atoms with van der Waals surface area (Å²) in [6.45, 7) is 3.66. The molecule has 0 unspecified atom stereocenters. The van der Waals surface area contributed by atoms with Gasteiger partial charge in [-0.25, -0.2) is 0 Å². The second-order valence-corrected chi connectivity index (χ2v) is 6.16. The summed E-state index contributed by atoms with van der Waals surface area (Å²) in [5, 5.41) is 6.58. The van der Waals surface area contributed by atoms with Crippen LogP contribution >= 0.6 is 0 Å². The largest absolute Gasteiger partial charge is 0.355 e. The van der Waals surface area contributed by atoms with Crippen molar-refractivity contribution < 1.29 is 4.79 Å². The van der Waals surface area contributed by atoms with Gasteiger partial charge in [0.25, 0.3) is 0 Å². The molecular weight excluding hydrogens is 260 g/mol. The lowest BCUT2D eigenvalue weighted by Gasteiger charge is -2.16. The minimum absolute atomic E-state index is 0.114. The van der Waals surface area contributed by atoms with Crippen molar-refractivity contribution in [1.82, 2.24) is 10.6 Å². The lowest BCUT2D eigenvalue weighted by atomic mass is 10.1. The van der Waals surface area contributed by atoms with Crippen molar-refractivity contribution in [2.45, 2.75) is 57.9 Å². The highest BCUT2D eigenvalue weighted by molar-refractivity contribution is 5.78. The molecule has 1 saturated carbocycles. The minimum atomic E-state index is 0.114. The van der Waals surface area contributed by atoms with E-state index in [1.165, 1.54) is 44.1 Å². The van der Waals surface area contributed by atoms with Crippen molar-refractivity contribution in [2.75, 3.05) is 13.1 Å². The van der Waals surface area contributed by atoms with E-state index in [1.807, 2.05) is 12.1 Å². The standard InChI is InChI=1S/C18H28N2O/c1-15-7-6-8-16(13-15)14-18(21)20-12-11-19-17-9-4-2-3-5-10-17/h6-8,13,17,19H,2-5,9-12,14H2,1H3,(H,20,21). The van der Waals surface area contributed by atoms with Gasteiger partial charge in [-0.1, -0.05) is 55.5 Å². The smallest absolute Gasteiger partial charge is 0.224 e. The molecule has 1 fully saturated rings. The molecule has 0 aromatic heterocycles. The van der Waals surface area contributed by atoms with E-state index in [0.29, 0.717) is 12.5 Å². The lowest BCUT2D eigenvalue weighted by Crippen LogP contribution is -2.37. The van der Waals surface area contributed by atoms with Crippen molar-refractivity contribution in [1.29, 1.82) is 0 Å². The topological polar surface area (TPSA) is 41.1 Å². The first kappa shape index (κ1) is 16.0. The van der Waals surface area contributed by atoms with Crippen LogP contribution in [0, 0.1) is 6.92 Å². The Morgan fingerprint density at radius 3 is 2.62 bits per heavy atom. The summed E-state index contributed by atoms with van der Waals surface area (Å²) >= 11 is 0. The summed E-state index contributed by atoms with van der Waals surface area (Å²) in [5.74, 6) is 0.114. The Balaban J connectivity index is 1.60. The third kappa shape index (κ3) is 6.30. The van der Waals surface area contributed by atoms with Gasteiger partial charge in [0, 0.05) is 19.1 Å². The van der Waals surface area contributed by atoms with E-state index in [1.54, 1.807) is 0 Å². The van der Waals surface area contributed by atoms with E-state index in [9.17, 15) is 4.79 Å². The first-order valence-electron chi connectivity index (χ1n) is 8.29. The third-order valence-corrected chi connectivity index (χ3v) is 4.18. The number of rotatable bonds is 6. The monoisotopic (exact) mass is 288 g/mol. The number of nitrogens with one attached hydrogen (secondary N) is 2. The molecule has 1 aromatic carbocycles. The van der Waals surface area contributed by atoms with E-state index < -0.39 is 0 Å². The first-order valence-corrected chi connectivity index (χ1v) is 8.29. The molecule has 0 radical (unpaired) electrons. The van der Waals surface area contributed by atoms with Crippen LogP contribution < -0.4 is 10.6 Å². The summed E-state index contributed by atoms with van der Waals surface area (Å²) in [7, 11) is 0. The Hall–Kier alpha value is -1.35. The highest BCUT2D eigenvalue weighted by atomic mass is 16.1. The molecule has 21 heavy (non-hydrogen) atoms. The van der Waals surface area contributed by atoms with Gasteiger partial charge in [0.1, 0.15) is 0 Å². The van der Waals surface area contributed by atoms with E-state index in [4.69, 9.17) is 0 Å². The van der Waals surface area contributed by atoms with Crippen molar-refractivity contribution >= 4 is 5.91 Å². The molecule has 1 aromatic rings. The van der Waals surface area contributed by atoms with Crippen LogP contribution in [0.15, 0.2) is 24.3 Å². The maximum Gasteiger partial charge on any atom is 0.224 e. The zero-order valence-corrected chi connectivity index (χ0v) is 13.2. The quantitative estimate of drug-likeness (QED) is 0.624. The van der Waals surface area contributed by atoms with Crippen molar-refractivity contribution in [2.24, 2.45) is 0 Å². The van der Waals surface area contributed by atoms with Crippen LogP contribution in [0.25, 0.3) is 0 Å². The van der Waals surface area contributed by atoms with Gasteiger partial charge in [-0.05, 0) is 25.3 Å². The van der Waals surface area contributed by atoms with Gasteiger partial charge < -0.3 is 10.6 Å². The van der Waals surface area contributed by atoms with Crippen LogP contribution in [-0.4, -0.2) is 25.0 Å². The molecule has 3 heteroatoms. The highest BCUT2D eigenvalue weighted by Gasteiger charge is 2.11. The van der Waals surface area contributed by atoms with Gasteiger partial charge in [-0.15, -0.1) is 0 Å². The van der Waals surface area contributed by atoms with Crippen LogP contribution in [-0.2, 0) is 11.2 Å². The summed E-state index contributed by atoms with van der Waals surface area (Å²) in [4.78, 5) is 11.9. The molecule has 0 spiro atoms. The minimum Gasteiger partial charge on any atom is -0.355 e. The molecule has 0 bridgehead atoms. The fraction of sp³-hybridized carbons (Fsp3) is 0.611. The fourth-order valence-corrected chi connectivity index (χ4v) is 3.03. The molecule has 2 rings (SSSR count). The molecule has 0 atom stereocenters. The van der Waals surface area contributed by atoms with Crippen molar-refractivity contribution in [3.05, 3.63) is 35.4 Å². The molecule has 116 valence electrons. The summed E-state index contributed by atoms with van der Waals surface area (Å²) in [5.41, 5.74) is 2.29. The maximum atomic E-state index is 11.9. The molecule has 0 aliphatic heterocycles. The zero-order valence-electron chi connectivity index (χ0n) is 13.2. The van der Waals surface area contributed by atoms with Crippen LogP contribution in [0.1, 0.15) is 49.7 Å². The molecule has 3 nitrogen and oxygen atoms in total. The van der Waals surface area contributed by atoms with E-state index >= 15 is 0 Å². The van der Waals surface area contributed by atoms with Crippen LogP contribution in [0.2, 0.25) is 0 Å². The first-order chi connectivity index (χ1) is 10.2. The van der Waals surface area contributed by atoms with Crippen LogP contribution in [0.3, 0.4) is 0 Å². The molecule has 1 amide bonds. The van der Waals surface area contributed by atoms with Gasteiger partial charge in [0.2, 0.25) is 5.91 Å². The highest BCUT2D eigenvalue weighted by Crippen LogP contribution is 2.16. The Labute approximate surface area is 128 Å². The Kier molecular flexibility index (Phi) is 6.74. The van der Waals surface area contributed by atoms with Gasteiger partial charge in [0.15, 0.2) is 0 Å². The van der Waals surface area contributed by atoms with E-state index in [0.717, 1.165) is 18.7 Å². The number of aryl methyl sites for hydroxylation is 1. The maximum absolute atomic E-state index is 11.9. The van der Waals surface area contributed by atoms with E-state index in [2.05, 4.69) is 29.7 Å². The molecule has 0 saturated heterocycles. The number of carbonyl (C=O) groups excluding carboxylic acids is 1. The Morgan fingerprint density at radius 1 is 1.14 bits per heavy atom. The molecule has 1 aliphatic rings. The predicted octanol–water partition coefficient (Wildman–Crippen LogP) is 2.97. The predicted molar refractivity (Wildman–Crippen MR) is 87.4 cm³/mol. The van der Waals surface area contributed by atoms with Crippen molar-refractivity contribution in [3.8, 4) is 0 Å². The second kappa shape index (κ2) is 8.83.